The number of carbonyl (C=O) groups excluding carboxylic acids is 1. The number of nitriles is 1. The van der Waals surface area contributed by atoms with E-state index >= 15 is 0 Å². The molecule has 0 spiro atoms. The number of hydrogen-bond donors (Lipinski definition) is 1. The Kier molecular flexibility index (Phi) is 6.98. The molecule has 33 heavy (non-hydrogen) atoms. The summed E-state index contributed by atoms with van der Waals surface area (Å²) in [5.74, 6) is 0.0462. The number of amides is 1. The normalized spacial score (nSPS) is 17.3. The summed E-state index contributed by atoms with van der Waals surface area (Å²) in [4.78, 5) is 17.3. The van der Waals surface area contributed by atoms with Gasteiger partial charge in [-0.1, -0.05) is 12.1 Å². The van der Waals surface area contributed by atoms with Crippen LogP contribution >= 0.6 is 0 Å². The van der Waals surface area contributed by atoms with Crippen molar-refractivity contribution in [3.05, 3.63) is 59.2 Å². The summed E-state index contributed by atoms with van der Waals surface area (Å²) < 4.78 is 33.5. The zero-order valence-corrected chi connectivity index (χ0v) is 19.5. The first-order valence-electron chi connectivity index (χ1n) is 11.1. The van der Waals surface area contributed by atoms with Gasteiger partial charge in [0.2, 0.25) is 10.0 Å². The molecule has 0 aromatic heterocycles. The average molecular weight is 469 g/mol. The lowest BCUT2D eigenvalue weighted by Gasteiger charge is -2.22. The Morgan fingerprint density at radius 2 is 1.88 bits per heavy atom. The Bertz CT molecular complexity index is 1150. The second-order valence-electron chi connectivity index (χ2n) is 8.49. The van der Waals surface area contributed by atoms with E-state index in [2.05, 4.69) is 15.7 Å². The number of methoxy groups -OCH3 is 1. The fourth-order valence-electron chi connectivity index (χ4n) is 3.96. The highest BCUT2D eigenvalue weighted by Gasteiger charge is 2.31. The van der Waals surface area contributed by atoms with E-state index in [0.717, 1.165) is 44.5 Å². The van der Waals surface area contributed by atoms with Gasteiger partial charge >= 0.3 is 0 Å². The highest BCUT2D eigenvalue weighted by Crippen LogP contribution is 2.29. The molecule has 1 amide bonds. The Hall–Kier alpha value is -2.93. The molecule has 2 aliphatic rings. The minimum absolute atomic E-state index is 0.0000133. The fourth-order valence-corrected chi connectivity index (χ4v) is 5.46. The second-order valence-corrected chi connectivity index (χ2v) is 10.2. The fraction of sp³-hybridized carbons (Fsp3) is 0.417. The molecule has 174 valence electrons. The summed E-state index contributed by atoms with van der Waals surface area (Å²) in [7, 11) is -2.34. The van der Waals surface area contributed by atoms with E-state index in [1.54, 1.807) is 17.0 Å². The number of ether oxygens (including phenoxy) is 1. The van der Waals surface area contributed by atoms with Gasteiger partial charge in [-0.2, -0.15) is 5.26 Å². The first-order chi connectivity index (χ1) is 15.9. The van der Waals surface area contributed by atoms with Crippen molar-refractivity contribution in [3.63, 3.8) is 0 Å². The molecule has 0 radical (unpaired) electrons. The number of nitrogens with one attached hydrogen (secondary N) is 1. The quantitative estimate of drug-likeness (QED) is 0.669. The molecule has 1 saturated carbocycles. The molecule has 8 nitrogen and oxygen atoms in total. The van der Waals surface area contributed by atoms with E-state index in [9.17, 15) is 13.2 Å². The Labute approximate surface area is 194 Å². The summed E-state index contributed by atoms with van der Waals surface area (Å²) in [6, 6.07) is 14.2. The van der Waals surface area contributed by atoms with E-state index in [1.807, 2.05) is 24.3 Å². The molecule has 0 unspecified atom stereocenters. The van der Waals surface area contributed by atoms with Crippen LogP contribution < -0.4 is 9.46 Å². The monoisotopic (exact) mass is 468 g/mol. The number of hydrogen-bond acceptors (Lipinski definition) is 6. The standard InChI is InChI=1S/C24H28N4O4S/c1-32-22-10-7-20(15-23(22)33(30,31)26-21-8-9-21)24(29)28-12-2-11-27(13-14-28)17-19-5-3-18(16-25)4-6-19/h3-7,10,15,21,26H,2,8-9,11-14,17H2,1H3. The first kappa shape index (κ1) is 23.2. The van der Waals surface area contributed by atoms with E-state index in [-0.39, 0.29) is 22.6 Å². The predicted molar refractivity (Wildman–Crippen MR) is 123 cm³/mol. The predicted octanol–water partition coefficient (Wildman–Crippen LogP) is 2.36. The lowest BCUT2D eigenvalue weighted by Crippen LogP contribution is -2.35. The molecule has 9 heteroatoms. The van der Waals surface area contributed by atoms with Crippen molar-refractivity contribution >= 4 is 15.9 Å². The van der Waals surface area contributed by atoms with Crippen molar-refractivity contribution in [1.82, 2.24) is 14.5 Å². The van der Waals surface area contributed by atoms with Crippen molar-refractivity contribution in [2.45, 2.75) is 36.7 Å². The molecule has 1 heterocycles. The maximum Gasteiger partial charge on any atom is 0.253 e. The number of benzene rings is 2. The van der Waals surface area contributed by atoms with Gasteiger partial charge in [0.1, 0.15) is 10.6 Å². The van der Waals surface area contributed by atoms with Gasteiger partial charge in [0.15, 0.2) is 0 Å². The van der Waals surface area contributed by atoms with Crippen LogP contribution in [0, 0.1) is 11.3 Å². The molecular weight excluding hydrogens is 440 g/mol. The largest absolute Gasteiger partial charge is 0.495 e. The third-order valence-electron chi connectivity index (χ3n) is 5.96. The highest BCUT2D eigenvalue weighted by atomic mass is 32.2. The zero-order valence-electron chi connectivity index (χ0n) is 18.7. The molecule has 2 fully saturated rings. The van der Waals surface area contributed by atoms with Crippen LogP contribution in [0.5, 0.6) is 5.75 Å². The van der Waals surface area contributed by atoms with Crippen LogP contribution in [-0.4, -0.2) is 63.5 Å². The van der Waals surface area contributed by atoms with E-state index in [1.165, 1.54) is 13.2 Å². The number of carbonyl (C=O) groups is 1. The van der Waals surface area contributed by atoms with Crippen molar-refractivity contribution in [1.29, 1.82) is 5.26 Å². The summed E-state index contributed by atoms with van der Waals surface area (Å²) in [5.41, 5.74) is 2.11. The van der Waals surface area contributed by atoms with E-state index < -0.39 is 10.0 Å². The molecule has 0 bridgehead atoms. The van der Waals surface area contributed by atoms with Crippen molar-refractivity contribution in [2.75, 3.05) is 33.3 Å². The van der Waals surface area contributed by atoms with Crippen molar-refractivity contribution in [3.8, 4) is 11.8 Å². The zero-order chi connectivity index (χ0) is 23.4. The summed E-state index contributed by atoms with van der Waals surface area (Å²) in [6.07, 6.45) is 2.48. The molecule has 1 aliphatic carbocycles. The third kappa shape index (κ3) is 5.71. The van der Waals surface area contributed by atoms with Crippen LogP contribution in [0.3, 0.4) is 0 Å². The molecule has 1 N–H and O–H groups in total. The topological polar surface area (TPSA) is 103 Å². The number of nitrogens with zero attached hydrogens (tertiary/aromatic N) is 3. The maximum atomic E-state index is 13.2. The first-order valence-corrected chi connectivity index (χ1v) is 12.6. The van der Waals surface area contributed by atoms with Crippen LogP contribution in [-0.2, 0) is 16.6 Å². The molecule has 4 rings (SSSR count). The molecule has 2 aromatic carbocycles. The lowest BCUT2D eigenvalue weighted by atomic mass is 10.1. The smallest absolute Gasteiger partial charge is 0.253 e. The Morgan fingerprint density at radius 1 is 1.12 bits per heavy atom. The van der Waals surface area contributed by atoms with Gasteiger partial charge in [-0.15, -0.1) is 0 Å². The van der Waals surface area contributed by atoms with Crippen molar-refractivity contribution in [2.24, 2.45) is 0 Å². The van der Waals surface area contributed by atoms with E-state index in [0.29, 0.717) is 24.2 Å². The Morgan fingerprint density at radius 3 is 2.55 bits per heavy atom. The van der Waals surface area contributed by atoms with Crippen LogP contribution in [0.2, 0.25) is 0 Å². The summed E-state index contributed by atoms with van der Waals surface area (Å²) >= 11 is 0. The third-order valence-corrected chi connectivity index (χ3v) is 7.51. The summed E-state index contributed by atoms with van der Waals surface area (Å²) in [5, 5.41) is 8.95. The highest BCUT2D eigenvalue weighted by molar-refractivity contribution is 7.89. The van der Waals surface area contributed by atoms with Crippen LogP contribution in [0.15, 0.2) is 47.4 Å². The van der Waals surface area contributed by atoms with Crippen molar-refractivity contribution < 1.29 is 17.9 Å². The van der Waals surface area contributed by atoms with Gasteiger partial charge in [-0.3, -0.25) is 9.69 Å². The summed E-state index contributed by atoms with van der Waals surface area (Å²) in [6.45, 7) is 3.50. The minimum atomic E-state index is -3.76. The molecule has 0 atom stereocenters. The van der Waals surface area contributed by atoms with Crippen LogP contribution in [0.25, 0.3) is 0 Å². The molecule has 2 aromatic rings. The van der Waals surface area contributed by atoms with Gasteiger partial charge in [0, 0.05) is 44.3 Å². The van der Waals surface area contributed by atoms with Gasteiger partial charge in [0.25, 0.3) is 5.91 Å². The second kappa shape index (κ2) is 9.91. The van der Waals surface area contributed by atoms with Gasteiger partial charge in [-0.05, 0) is 55.2 Å². The molecular formula is C24H28N4O4S. The molecule has 1 saturated heterocycles. The SMILES string of the molecule is COc1ccc(C(=O)N2CCCN(Cc3ccc(C#N)cc3)CC2)cc1S(=O)(=O)NC1CC1. The van der Waals surface area contributed by atoms with Crippen LogP contribution in [0.4, 0.5) is 0 Å². The average Bonchev–Trinajstić information content (AvgIpc) is 3.66. The Balaban J connectivity index is 1.44. The van der Waals surface area contributed by atoms with E-state index in [4.69, 9.17) is 10.00 Å². The maximum absolute atomic E-state index is 13.2. The molecule has 1 aliphatic heterocycles. The van der Waals surface area contributed by atoms with Gasteiger partial charge in [-0.25, -0.2) is 13.1 Å². The van der Waals surface area contributed by atoms with Crippen LogP contribution in [0.1, 0.15) is 40.7 Å². The van der Waals surface area contributed by atoms with Gasteiger partial charge in [0.05, 0.1) is 18.7 Å². The lowest BCUT2D eigenvalue weighted by molar-refractivity contribution is 0.0761. The van der Waals surface area contributed by atoms with Gasteiger partial charge < -0.3 is 9.64 Å². The number of rotatable bonds is 7. The minimum Gasteiger partial charge on any atom is -0.495 e. The number of sulfonamides is 1.